The van der Waals surface area contributed by atoms with Crippen molar-refractivity contribution in [3.05, 3.63) is 34.1 Å². The van der Waals surface area contributed by atoms with Crippen LogP contribution in [0.15, 0.2) is 12.1 Å². The van der Waals surface area contributed by atoms with Crippen molar-refractivity contribution in [3.63, 3.8) is 0 Å². The Balaban J connectivity index is 1.49. The number of hydrogen-bond acceptors (Lipinski definition) is 9. The molecule has 9 nitrogen and oxygen atoms in total. The van der Waals surface area contributed by atoms with Crippen LogP contribution in [0.3, 0.4) is 0 Å². The molecular weight excluding hydrogens is 590 g/mol. The van der Waals surface area contributed by atoms with Crippen molar-refractivity contribution >= 4 is 34.1 Å². The topological polar surface area (TPSA) is 102 Å². The molecule has 3 fully saturated rings. The number of likely N-dealkylation sites (tertiary alicyclic amines) is 1. The number of benzene rings is 1. The molecule has 5 heterocycles. The summed E-state index contributed by atoms with van der Waals surface area (Å²) >= 11 is 6.58. The number of aryl methyl sites for hydroxylation is 1. The zero-order valence-electron chi connectivity index (χ0n) is 24.1. The number of hydrogen-bond donors (Lipinski definition) is 2. The Morgan fingerprint density at radius 3 is 2.60 bits per heavy atom. The number of methoxy groups -OCH3 is 1. The van der Waals surface area contributed by atoms with Gasteiger partial charge in [0, 0.05) is 50.3 Å². The molecule has 1 aromatic carbocycles. The first-order valence-electron chi connectivity index (χ1n) is 14.3. The summed E-state index contributed by atoms with van der Waals surface area (Å²) < 4.78 is 70.7. The second kappa shape index (κ2) is 11.5. The first kappa shape index (κ1) is 30.0. The molecule has 0 spiro atoms. The number of alkyl halides is 3. The van der Waals surface area contributed by atoms with Crippen LogP contribution in [-0.4, -0.2) is 84.5 Å². The number of rotatable bonds is 6. The van der Waals surface area contributed by atoms with E-state index in [1.54, 1.807) is 7.11 Å². The summed E-state index contributed by atoms with van der Waals surface area (Å²) in [6, 6.07) is 3.08. The Hall–Kier alpha value is -3.00. The number of pyridine rings is 1. The maximum absolute atomic E-state index is 16.6. The highest BCUT2D eigenvalue weighted by molar-refractivity contribution is 6.34. The van der Waals surface area contributed by atoms with E-state index in [0.717, 1.165) is 38.3 Å². The van der Waals surface area contributed by atoms with Crippen molar-refractivity contribution < 1.29 is 27.0 Å². The van der Waals surface area contributed by atoms with Crippen molar-refractivity contribution in [1.82, 2.24) is 25.2 Å². The van der Waals surface area contributed by atoms with E-state index in [-0.39, 0.29) is 58.1 Å². The minimum atomic E-state index is -4.83. The van der Waals surface area contributed by atoms with E-state index in [1.165, 1.54) is 13.0 Å². The van der Waals surface area contributed by atoms with Gasteiger partial charge in [0.15, 0.2) is 5.82 Å². The molecule has 4 atom stereocenters. The first-order chi connectivity index (χ1) is 20.4. The predicted molar refractivity (Wildman–Crippen MR) is 156 cm³/mol. The van der Waals surface area contributed by atoms with E-state index in [9.17, 15) is 13.2 Å². The van der Waals surface area contributed by atoms with Crippen LogP contribution in [0.4, 0.5) is 29.2 Å². The number of ether oxygens (including phenoxy) is 2. The number of nitrogen functional groups attached to an aromatic ring is 1. The fraction of sp³-hybridized carbons (Fsp3) is 0.552. The second-order valence-corrected chi connectivity index (χ2v) is 12.1. The smallest absolute Gasteiger partial charge is 0.418 e. The molecular formula is C29H34ClF4N7O2. The van der Waals surface area contributed by atoms with E-state index >= 15 is 4.39 Å². The zero-order valence-corrected chi connectivity index (χ0v) is 24.9. The highest BCUT2D eigenvalue weighted by atomic mass is 35.5. The van der Waals surface area contributed by atoms with E-state index in [0.29, 0.717) is 24.9 Å². The molecule has 2 bridgehead atoms. The minimum Gasteiger partial charge on any atom is -0.462 e. The summed E-state index contributed by atoms with van der Waals surface area (Å²) in [6.45, 7) is 3.48. The van der Waals surface area contributed by atoms with Crippen LogP contribution in [-0.2, 0) is 10.9 Å². The Bertz CT molecular complexity index is 1540. The predicted octanol–water partition coefficient (Wildman–Crippen LogP) is 4.82. The van der Waals surface area contributed by atoms with Gasteiger partial charge in [0.25, 0.3) is 0 Å². The fourth-order valence-corrected chi connectivity index (χ4v) is 6.90. The molecule has 3 aromatic rings. The van der Waals surface area contributed by atoms with Crippen molar-refractivity contribution in [1.29, 1.82) is 0 Å². The first-order valence-corrected chi connectivity index (χ1v) is 14.7. The van der Waals surface area contributed by atoms with Crippen LogP contribution in [0, 0.1) is 12.7 Å². The number of nitrogens with zero attached hydrogens (tertiary/aromatic N) is 5. The number of nitrogens with one attached hydrogen (secondary N) is 1. The molecule has 3 saturated heterocycles. The lowest BCUT2D eigenvalue weighted by Crippen LogP contribution is -2.36. The van der Waals surface area contributed by atoms with Crippen LogP contribution in [0.5, 0.6) is 6.01 Å². The van der Waals surface area contributed by atoms with Gasteiger partial charge in [0.05, 0.1) is 27.9 Å². The molecule has 43 heavy (non-hydrogen) atoms. The summed E-state index contributed by atoms with van der Waals surface area (Å²) in [5, 5.41) is 3.65. The van der Waals surface area contributed by atoms with Gasteiger partial charge < -0.3 is 25.4 Å². The molecule has 3 aliphatic heterocycles. The van der Waals surface area contributed by atoms with Crippen molar-refractivity contribution in [2.75, 3.05) is 51.0 Å². The van der Waals surface area contributed by atoms with Gasteiger partial charge in [-0.05, 0) is 57.4 Å². The molecule has 0 radical (unpaired) electrons. The van der Waals surface area contributed by atoms with E-state index in [2.05, 4.69) is 25.1 Å². The van der Waals surface area contributed by atoms with Crippen molar-refractivity contribution in [2.24, 2.45) is 0 Å². The number of anilines is 2. The van der Waals surface area contributed by atoms with E-state index < -0.39 is 28.8 Å². The summed E-state index contributed by atoms with van der Waals surface area (Å²) in [4.78, 5) is 17.2. The van der Waals surface area contributed by atoms with Crippen LogP contribution < -0.4 is 20.7 Å². The van der Waals surface area contributed by atoms with Gasteiger partial charge in [-0.15, -0.1) is 0 Å². The lowest BCUT2D eigenvalue weighted by Gasteiger charge is -2.27. The Labute approximate surface area is 251 Å². The SMILES string of the molecule is CO[C@@H]1C[C@@H](COc2nc(N3CC[C@H]4CC[C@@H](C3)N4)c3cc(Cl)c(-c4nc(N)cc(C)c4C(F)(F)F)c(F)c3n2)N(C)C1. The lowest BCUT2D eigenvalue weighted by atomic mass is 9.99. The number of halogens is 5. The summed E-state index contributed by atoms with van der Waals surface area (Å²) in [5.41, 5.74) is 3.10. The minimum absolute atomic E-state index is 0.0188. The number of likely N-dealkylation sites (N-methyl/N-ethyl adjacent to an activating group) is 1. The second-order valence-electron chi connectivity index (χ2n) is 11.7. The van der Waals surface area contributed by atoms with Gasteiger partial charge >= 0.3 is 12.2 Å². The summed E-state index contributed by atoms with van der Waals surface area (Å²) in [7, 11) is 3.63. The molecule has 0 saturated carbocycles. The zero-order chi connectivity index (χ0) is 30.6. The normalized spacial score (nSPS) is 24.6. The number of nitrogens with two attached hydrogens (primary N) is 1. The van der Waals surface area contributed by atoms with Gasteiger partial charge in [0.2, 0.25) is 0 Å². The van der Waals surface area contributed by atoms with Gasteiger partial charge in [-0.25, -0.2) is 9.37 Å². The summed E-state index contributed by atoms with van der Waals surface area (Å²) in [5.74, 6) is -0.819. The molecule has 14 heteroatoms. The quantitative estimate of drug-likeness (QED) is 0.374. The molecule has 6 rings (SSSR count). The van der Waals surface area contributed by atoms with Crippen molar-refractivity contribution in [2.45, 2.75) is 63.0 Å². The number of fused-ring (bicyclic) bond motifs is 3. The maximum Gasteiger partial charge on any atom is 0.418 e. The van der Waals surface area contributed by atoms with Crippen molar-refractivity contribution in [3.8, 4) is 17.3 Å². The average molecular weight is 624 g/mol. The molecule has 2 aromatic heterocycles. The van der Waals surface area contributed by atoms with Crippen LogP contribution in [0.25, 0.3) is 22.2 Å². The van der Waals surface area contributed by atoms with Crippen LogP contribution >= 0.6 is 11.6 Å². The standard InChI is InChI=1S/C29H34ClF4N7O2/c1-14-8-21(35)37-26(23(14)29(32,33)34)22-20(30)10-19-25(24(22)31)38-28(43-13-17-9-18(42-3)12-40(17)2)39-27(19)41-7-6-15-4-5-16(11-41)36-15/h8,10,15-18,36H,4-7,9,11-13H2,1-3H3,(H2,35,37)/t15-,16+,17+,18-/m1/s1. The molecule has 0 aliphatic carbocycles. The Kier molecular flexibility index (Phi) is 8.03. The third-order valence-electron chi connectivity index (χ3n) is 8.81. The summed E-state index contributed by atoms with van der Waals surface area (Å²) in [6.07, 6.45) is -1.08. The molecule has 0 amide bonds. The van der Waals surface area contributed by atoms with Crippen LogP contribution in [0.2, 0.25) is 5.02 Å². The third-order valence-corrected chi connectivity index (χ3v) is 9.11. The maximum atomic E-state index is 16.6. The van der Waals surface area contributed by atoms with Gasteiger partial charge in [-0.3, -0.25) is 4.90 Å². The molecule has 232 valence electrons. The Morgan fingerprint density at radius 1 is 1.12 bits per heavy atom. The van der Waals surface area contributed by atoms with Gasteiger partial charge in [-0.2, -0.15) is 23.1 Å². The van der Waals surface area contributed by atoms with Gasteiger partial charge in [-0.1, -0.05) is 11.6 Å². The fourth-order valence-electron chi connectivity index (χ4n) is 6.62. The third kappa shape index (κ3) is 5.79. The largest absolute Gasteiger partial charge is 0.462 e. The molecule has 0 unspecified atom stereocenters. The lowest BCUT2D eigenvalue weighted by molar-refractivity contribution is -0.137. The van der Waals surface area contributed by atoms with Gasteiger partial charge in [0.1, 0.15) is 23.8 Å². The van der Waals surface area contributed by atoms with E-state index in [4.69, 9.17) is 31.8 Å². The molecule has 3 N–H and O–H groups in total. The highest BCUT2D eigenvalue weighted by Gasteiger charge is 2.39. The average Bonchev–Trinajstić information content (AvgIpc) is 3.46. The Morgan fingerprint density at radius 2 is 1.88 bits per heavy atom. The van der Waals surface area contributed by atoms with Crippen LogP contribution in [0.1, 0.15) is 36.8 Å². The number of aromatic nitrogens is 3. The highest BCUT2D eigenvalue weighted by Crippen LogP contribution is 2.44. The molecule has 3 aliphatic rings. The van der Waals surface area contributed by atoms with E-state index in [1.807, 2.05) is 7.05 Å². The monoisotopic (exact) mass is 623 g/mol.